The molecule has 1 aromatic heterocycles. The summed E-state index contributed by atoms with van der Waals surface area (Å²) in [5.74, 6) is 0.282. The lowest BCUT2D eigenvalue weighted by Crippen LogP contribution is -2.20. The summed E-state index contributed by atoms with van der Waals surface area (Å²) in [6.45, 7) is 4.14. The first kappa shape index (κ1) is 14.1. The van der Waals surface area contributed by atoms with Crippen molar-refractivity contribution in [2.45, 2.75) is 19.9 Å². The maximum atomic E-state index is 12.0. The molecular weight excluding hydrogens is 258 g/mol. The van der Waals surface area contributed by atoms with E-state index in [1.807, 2.05) is 6.92 Å². The van der Waals surface area contributed by atoms with Gasteiger partial charge in [-0.2, -0.15) is 0 Å². The molecule has 0 aliphatic rings. The fourth-order valence-corrected chi connectivity index (χ4v) is 2.13. The molecule has 5 heteroatoms. The van der Waals surface area contributed by atoms with Gasteiger partial charge in [0, 0.05) is 17.6 Å². The van der Waals surface area contributed by atoms with Gasteiger partial charge in [0.25, 0.3) is 0 Å². The maximum Gasteiger partial charge on any atom is 0.328 e. The van der Waals surface area contributed by atoms with Crippen LogP contribution >= 0.6 is 0 Å². The monoisotopic (exact) mass is 275 g/mol. The minimum atomic E-state index is -0.499. The van der Waals surface area contributed by atoms with Crippen molar-refractivity contribution in [3.05, 3.63) is 40.7 Å². The van der Waals surface area contributed by atoms with Gasteiger partial charge in [-0.3, -0.25) is 4.79 Å². The van der Waals surface area contributed by atoms with Gasteiger partial charge < -0.3 is 14.0 Å². The summed E-state index contributed by atoms with van der Waals surface area (Å²) in [7, 11) is 1.34. The van der Waals surface area contributed by atoms with Crippen LogP contribution in [-0.2, 0) is 9.53 Å². The fourth-order valence-electron chi connectivity index (χ4n) is 2.13. The number of fused-ring (bicyclic) bond motifs is 1. The summed E-state index contributed by atoms with van der Waals surface area (Å²) < 4.78 is 11.9. The highest BCUT2D eigenvalue weighted by Gasteiger charge is 2.17. The van der Waals surface area contributed by atoms with Crippen molar-refractivity contribution in [1.29, 1.82) is 0 Å². The van der Waals surface area contributed by atoms with Crippen LogP contribution < -0.4 is 10.2 Å². The van der Waals surface area contributed by atoms with Crippen molar-refractivity contribution in [3.8, 4) is 5.75 Å². The van der Waals surface area contributed by atoms with E-state index in [1.165, 1.54) is 13.2 Å². The first-order chi connectivity index (χ1) is 9.58. The molecule has 20 heavy (non-hydrogen) atoms. The Morgan fingerprint density at radius 1 is 1.35 bits per heavy atom. The predicted octanol–water partition coefficient (Wildman–Crippen LogP) is 2.13. The molecule has 0 bridgehead atoms. The van der Waals surface area contributed by atoms with E-state index < -0.39 is 6.04 Å². The summed E-state index contributed by atoms with van der Waals surface area (Å²) in [4.78, 5) is 23.6. The van der Waals surface area contributed by atoms with E-state index in [1.54, 1.807) is 35.9 Å². The smallest absolute Gasteiger partial charge is 0.328 e. The van der Waals surface area contributed by atoms with Crippen molar-refractivity contribution in [2.75, 3.05) is 13.7 Å². The maximum absolute atomic E-state index is 12.0. The zero-order chi connectivity index (χ0) is 14.7. The molecule has 2 aromatic rings. The second-order valence-corrected chi connectivity index (χ2v) is 4.40. The highest BCUT2D eigenvalue weighted by atomic mass is 16.5. The highest BCUT2D eigenvalue weighted by Crippen LogP contribution is 2.21. The second kappa shape index (κ2) is 5.77. The van der Waals surface area contributed by atoms with Crippen LogP contribution in [0.15, 0.2) is 35.3 Å². The van der Waals surface area contributed by atoms with Gasteiger partial charge >= 0.3 is 5.97 Å². The zero-order valence-electron chi connectivity index (χ0n) is 11.8. The minimum Gasteiger partial charge on any atom is -0.494 e. The molecular formula is C15H17NO4. The van der Waals surface area contributed by atoms with E-state index in [-0.39, 0.29) is 11.4 Å². The van der Waals surface area contributed by atoms with Gasteiger partial charge in [0.15, 0.2) is 5.43 Å². The Labute approximate surface area is 116 Å². The van der Waals surface area contributed by atoms with Crippen molar-refractivity contribution < 1.29 is 14.3 Å². The molecule has 0 amide bonds. The van der Waals surface area contributed by atoms with E-state index in [2.05, 4.69) is 0 Å². The summed E-state index contributed by atoms with van der Waals surface area (Å²) in [6.07, 6.45) is 1.60. The van der Waals surface area contributed by atoms with Crippen molar-refractivity contribution in [2.24, 2.45) is 0 Å². The summed E-state index contributed by atoms with van der Waals surface area (Å²) in [5.41, 5.74) is 0.578. The third kappa shape index (κ3) is 2.52. The van der Waals surface area contributed by atoms with E-state index in [4.69, 9.17) is 9.47 Å². The van der Waals surface area contributed by atoms with Gasteiger partial charge in [0.1, 0.15) is 11.8 Å². The summed E-state index contributed by atoms with van der Waals surface area (Å²) in [5, 5.41) is 0.522. The first-order valence-electron chi connectivity index (χ1n) is 6.44. The fraction of sp³-hybridized carbons (Fsp3) is 0.333. The van der Waals surface area contributed by atoms with Crippen LogP contribution in [0, 0.1) is 0 Å². The van der Waals surface area contributed by atoms with Crippen molar-refractivity contribution in [1.82, 2.24) is 4.57 Å². The number of benzene rings is 1. The molecule has 0 radical (unpaired) electrons. The molecule has 0 spiro atoms. The van der Waals surface area contributed by atoms with Crippen molar-refractivity contribution >= 4 is 16.9 Å². The average Bonchev–Trinajstić information content (AvgIpc) is 2.47. The molecule has 5 nitrogen and oxygen atoms in total. The van der Waals surface area contributed by atoms with Crippen LogP contribution in [0.4, 0.5) is 0 Å². The average molecular weight is 275 g/mol. The number of esters is 1. The second-order valence-electron chi connectivity index (χ2n) is 4.40. The standard InChI is InChI=1S/C15H17NO4/c1-4-20-11-5-6-13-12(9-11)14(17)7-8-16(13)10(2)15(18)19-3/h5-10H,4H2,1-3H3. The quantitative estimate of drug-likeness (QED) is 0.802. The molecule has 0 saturated carbocycles. The van der Waals surface area contributed by atoms with Gasteiger partial charge in [-0.05, 0) is 32.0 Å². The topological polar surface area (TPSA) is 57.5 Å². The van der Waals surface area contributed by atoms with Crippen LogP contribution in [0.3, 0.4) is 0 Å². The van der Waals surface area contributed by atoms with E-state index in [0.717, 1.165) is 0 Å². The SMILES string of the molecule is CCOc1ccc2c(c1)c(=O)ccn2C(C)C(=O)OC. The Hall–Kier alpha value is -2.30. The number of hydrogen-bond acceptors (Lipinski definition) is 4. The van der Waals surface area contributed by atoms with E-state index >= 15 is 0 Å². The third-order valence-corrected chi connectivity index (χ3v) is 3.17. The highest BCUT2D eigenvalue weighted by molar-refractivity contribution is 5.83. The van der Waals surface area contributed by atoms with Gasteiger partial charge in [0.2, 0.25) is 0 Å². The number of hydrogen-bond donors (Lipinski definition) is 0. The molecule has 0 N–H and O–H groups in total. The van der Waals surface area contributed by atoms with Gasteiger partial charge in [-0.15, -0.1) is 0 Å². The van der Waals surface area contributed by atoms with Gasteiger partial charge in [0.05, 0.1) is 19.2 Å². The molecule has 0 aliphatic heterocycles. The number of aromatic nitrogens is 1. The number of carbonyl (C=O) groups is 1. The largest absolute Gasteiger partial charge is 0.494 e. The molecule has 2 rings (SSSR count). The number of carbonyl (C=O) groups excluding carboxylic acids is 1. The molecule has 0 fully saturated rings. The Morgan fingerprint density at radius 3 is 2.75 bits per heavy atom. The predicted molar refractivity (Wildman–Crippen MR) is 76.1 cm³/mol. The number of pyridine rings is 1. The molecule has 106 valence electrons. The first-order valence-corrected chi connectivity index (χ1v) is 6.44. The lowest BCUT2D eigenvalue weighted by molar-refractivity contribution is -0.143. The summed E-state index contributed by atoms with van der Waals surface area (Å²) in [6, 6.07) is 6.20. The normalized spacial score (nSPS) is 12.2. The van der Waals surface area contributed by atoms with E-state index in [9.17, 15) is 9.59 Å². The number of ether oxygens (including phenoxy) is 2. The zero-order valence-corrected chi connectivity index (χ0v) is 11.8. The Morgan fingerprint density at radius 2 is 2.10 bits per heavy atom. The van der Waals surface area contributed by atoms with Gasteiger partial charge in [-0.1, -0.05) is 0 Å². The van der Waals surface area contributed by atoms with Crippen molar-refractivity contribution in [3.63, 3.8) is 0 Å². The molecule has 1 atom stereocenters. The van der Waals surface area contributed by atoms with Crippen LogP contribution in [0.2, 0.25) is 0 Å². The van der Waals surface area contributed by atoms with Crippen LogP contribution in [0.25, 0.3) is 10.9 Å². The van der Waals surface area contributed by atoms with E-state index in [0.29, 0.717) is 23.3 Å². The summed E-state index contributed by atoms with van der Waals surface area (Å²) >= 11 is 0. The number of methoxy groups -OCH3 is 1. The Kier molecular flexibility index (Phi) is 4.08. The Bertz CT molecular complexity index is 690. The Balaban J connectivity index is 2.61. The molecule has 1 heterocycles. The van der Waals surface area contributed by atoms with Gasteiger partial charge in [-0.25, -0.2) is 4.79 Å². The number of nitrogens with zero attached hydrogens (tertiary/aromatic N) is 1. The molecule has 1 unspecified atom stereocenters. The molecule has 0 saturated heterocycles. The van der Waals surface area contributed by atoms with Crippen LogP contribution in [0.5, 0.6) is 5.75 Å². The van der Waals surface area contributed by atoms with Crippen LogP contribution in [-0.4, -0.2) is 24.3 Å². The lowest BCUT2D eigenvalue weighted by Gasteiger charge is -2.16. The third-order valence-electron chi connectivity index (χ3n) is 3.17. The molecule has 1 aromatic carbocycles. The molecule has 0 aliphatic carbocycles. The minimum absolute atomic E-state index is 0.102. The number of rotatable bonds is 4. The van der Waals surface area contributed by atoms with Crippen LogP contribution in [0.1, 0.15) is 19.9 Å². The lowest BCUT2D eigenvalue weighted by atomic mass is 10.1.